The highest BCUT2D eigenvalue weighted by molar-refractivity contribution is 9.10. The van der Waals surface area contributed by atoms with Gasteiger partial charge in [-0.15, -0.1) is 0 Å². The summed E-state index contributed by atoms with van der Waals surface area (Å²) in [6.07, 6.45) is 0. The Morgan fingerprint density at radius 3 is 2.50 bits per heavy atom. The first-order valence-corrected chi connectivity index (χ1v) is 5.42. The zero-order valence-corrected chi connectivity index (χ0v) is 9.51. The van der Waals surface area contributed by atoms with Gasteiger partial charge in [-0.3, -0.25) is 0 Å². The Balaban J connectivity index is 2.61. The SMILES string of the molecule is Fc1cccc2c1oc1c(F)cc(Br)cc12. The summed E-state index contributed by atoms with van der Waals surface area (Å²) < 4.78 is 32.8. The number of rotatable bonds is 0. The zero-order valence-electron chi connectivity index (χ0n) is 7.93. The molecule has 0 spiro atoms. The Morgan fingerprint density at radius 1 is 0.938 bits per heavy atom. The summed E-state index contributed by atoms with van der Waals surface area (Å²) in [5.41, 5.74) is 0.179. The third-order valence-electron chi connectivity index (χ3n) is 2.47. The van der Waals surface area contributed by atoms with Crippen molar-refractivity contribution < 1.29 is 13.2 Å². The quantitative estimate of drug-likeness (QED) is 0.586. The van der Waals surface area contributed by atoms with E-state index in [9.17, 15) is 8.78 Å². The molecule has 16 heavy (non-hydrogen) atoms. The van der Waals surface area contributed by atoms with Gasteiger partial charge in [0, 0.05) is 15.2 Å². The Morgan fingerprint density at radius 2 is 1.69 bits per heavy atom. The fourth-order valence-corrected chi connectivity index (χ4v) is 2.22. The number of fused-ring (bicyclic) bond motifs is 3. The van der Waals surface area contributed by atoms with Crippen LogP contribution in [0.4, 0.5) is 8.78 Å². The van der Waals surface area contributed by atoms with Gasteiger partial charge in [-0.05, 0) is 18.2 Å². The molecule has 0 radical (unpaired) electrons. The number of hydrogen-bond acceptors (Lipinski definition) is 1. The maximum Gasteiger partial charge on any atom is 0.171 e. The smallest absolute Gasteiger partial charge is 0.171 e. The van der Waals surface area contributed by atoms with Crippen molar-refractivity contribution in [2.45, 2.75) is 0 Å². The van der Waals surface area contributed by atoms with Crippen LogP contribution in [0.25, 0.3) is 21.9 Å². The van der Waals surface area contributed by atoms with Crippen LogP contribution in [0.1, 0.15) is 0 Å². The fraction of sp³-hybridized carbons (Fsp3) is 0. The fourth-order valence-electron chi connectivity index (χ4n) is 1.79. The average Bonchev–Trinajstić information content (AvgIpc) is 2.59. The van der Waals surface area contributed by atoms with Gasteiger partial charge in [0.1, 0.15) is 0 Å². The molecule has 0 atom stereocenters. The summed E-state index contributed by atoms with van der Waals surface area (Å²) in [4.78, 5) is 0. The van der Waals surface area contributed by atoms with Gasteiger partial charge in [0.15, 0.2) is 22.8 Å². The highest BCUT2D eigenvalue weighted by Crippen LogP contribution is 2.33. The van der Waals surface area contributed by atoms with Crippen LogP contribution in [0.5, 0.6) is 0 Å². The maximum absolute atomic E-state index is 13.6. The van der Waals surface area contributed by atoms with E-state index in [0.717, 1.165) is 0 Å². The van der Waals surface area contributed by atoms with E-state index in [1.807, 2.05) is 0 Å². The van der Waals surface area contributed by atoms with Crippen LogP contribution >= 0.6 is 15.9 Å². The van der Waals surface area contributed by atoms with Gasteiger partial charge in [0.05, 0.1) is 0 Å². The summed E-state index contributed by atoms with van der Waals surface area (Å²) >= 11 is 3.20. The van der Waals surface area contributed by atoms with E-state index in [2.05, 4.69) is 15.9 Å². The van der Waals surface area contributed by atoms with Crippen molar-refractivity contribution in [1.82, 2.24) is 0 Å². The van der Waals surface area contributed by atoms with Crippen molar-refractivity contribution in [3.63, 3.8) is 0 Å². The molecule has 0 saturated heterocycles. The number of benzene rings is 2. The second-order valence-electron chi connectivity index (χ2n) is 3.48. The monoisotopic (exact) mass is 282 g/mol. The van der Waals surface area contributed by atoms with Gasteiger partial charge in [-0.25, -0.2) is 8.78 Å². The van der Waals surface area contributed by atoms with Crippen LogP contribution in [0.3, 0.4) is 0 Å². The number of hydrogen-bond donors (Lipinski definition) is 0. The molecule has 0 amide bonds. The van der Waals surface area contributed by atoms with Gasteiger partial charge in [0.25, 0.3) is 0 Å². The van der Waals surface area contributed by atoms with Crippen molar-refractivity contribution in [2.24, 2.45) is 0 Å². The minimum atomic E-state index is -0.500. The van der Waals surface area contributed by atoms with Gasteiger partial charge < -0.3 is 4.42 Å². The predicted octanol–water partition coefficient (Wildman–Crippen LogP) is 4.63. The molecule has 0 aliphatic heterocycles. The third kappa shape index (κ3) is 1.26. The van der Waals surface area contributed by atoms with E-state index < -0.39 is 11.6 Å². The average molecular weight is 283 g/mol. The van der Waals surface area contributed by atoms with E-state index in [0.29, 0.717) is 15.2 Å². The minimum Gasteiger partial charge on any atom is -0.450 e. The van der Waals surface area contributed by atoms with E-state index in [1.54, 1.807) is 18.2 Å². The van der Waals surface area contributed by atoms with E-state index >= 15 is 0 Å². The molecule has 1 nitrogen and oxygen atoms in total. The van der Waals surface area contributed by atoms with Crippen LogP contribution < -0.4 is 0 Å². The predicted molar refractivity (Wildman–Crippen MR) is 61.3 cm³/mol. The Bertz CT molecular complexity index is 703. The van der Waals surface area contributed by atoms with Crippen molar-refractivity contribution in [3.8, 4) is 0 Å². The maximum atomic E-state index is 13.6. The normalized spacial score (nSPS) is 11.4. The summed E-state index contributed by atoms with van der Waals surface area (Å²) in [5.74, 6) is -0.982. The largest absolute Gasteiger partial charge is 0.450 e. The Hall–Kier alpha value is -1.42. The number of para-hydroxylation sites is 1. The molecule has 2 aromatic carbocycles. The minimum absolute atomic E-state index is 0.0864. The summed E-state index contributed by atoms with van der Waals surface area (Å²) in [5, 5.41) is 1.15. The highest BCUT2D eigenvalue weighted by Gasteiger charge is 2.14. The van der Waals surface area contributed by atoms with Crippen LogP contribution in [0.15, 0.2) is 39.2 Å². The molecule has 0 N–H and O–H groups in total. The van der Waals surface area contributed by atoms with Crippen LogP contribution in [-0.2, 0) is 0 Å². The first-order valence-electron chi connectivity index (χ1n) is 4.62. The lowest BCUT2D eigenvalue weighted by Crippen LogP contribution is -1.75. The van der Waals surface area contributed by atoms with E-state index in [-0.39, 0.29) is 11.2 Å². The van der Waals surface area contributed by atoms with Gasteiger partial charge in [0.2, 0.25) is 0 Å². The van der Waals surface area contributed by atoms with Crippen molar-refractivity contribution in [2.75, 3.05) is 0 Å². The zero-order chi connectivity index (χ0) is 11.3. The molecule has 3 rings (SSSR count). The molecule has 4 heteroatoms. The number of halogens is 3. The first kappa shape index (κ1) is 9.78. The van der Waals surface area contributed by atoms with Crippen molar-refractivity contribution in [1.29, 1.82) is 0 Å². The molecule has 0 unspecified atom stereocenters. The second kappa shape index (κ2) is 3.28. The molecule has 0 aliphatic rings. The Labute approximate surface area is 97.8 Å². The molecule has 3 aromatic rings. The lowest BCUT2D eigenvalue weighted by Gasteiger charge is -1.92. The van der Waals surface area contributed by atoms with E-state index in [4.69, 9.17) is 4.42 Å². The number of furan rings is 1. The molecular weight excluding hydrogens is 278 g/mol. The van der Waals surface area contributed by atoms with Crippen molar-refractivity contribution in [3.05, 3.63) is 46.4 Å². The topological polar surface area (TPSA) is 13.1 Å². The van der Waals surface area contributed by atoms with Crippen LogP contribution in [-0.4, -0.2) is 0 Å². The summed E-state index contributed by atoms with van der Waals surface area (Å²) in [6.45, 7) is 0. The molecule has 1 heterocycles. The van der Waals surface area contributed by atoms with Crippen LogP contribution in [0.2, 0.25) is 0 Å². The molecule has 0 fully saturated rings. The van der Waals surface area contributed by atoms with Gasteiger partial charge in [-0.1, -0.05) is 28.1 Å². The molecule has 80 valence electrons. The molecule has 0 aliphatic carbocycles. The van der Waals surface area contributed by atoms with E-state index in [1.165, 1.54) is 12.1 Å². The molecule has 0 saturated carbocycles. The highest BCUT2D eigenvalue weighted by atomic mass is 79.9. The van der Waals surface area contributed by atoms with Crippen molar-refractivity contribution >= 4 is 37.9 Å². The lowest BCUT2D eigenvalue weighted by molar-refractivity contribution is 0.557. The summed E-state index contributed by atoms with van der Waals surface area (Å²) in [7, 11) is 0. The second-order valence-corrected chi connectivity index (χ2v) is 4.40. The molecule has 0 bridgehead atoms. The summed E-state index contributed by atoms with van der Waals surface area (Å²) in [6, 6.07) is 7.57. The standard InChI is InChI=1S/C12H5BrF2O/c13-6-4-8-7-2-1-3-9(14)11(7)16-12(8)10(15)5-6/h1-5H. The van der Waals surface area contributed by atoms with Gasteiger partial charge >= 0.3 is 0 Å². The first-order chi connectivity index (χ1) is 7.66. The van der Waals surface area contributed by atoms with Gasteiger partial charge in [-0.2, -0.15) is 0 Å². The lowest BCUT2D eigenvalue weighted by atomic mass is 10.1. The Kier molecular flexibility index (Phi) is 2.01. The molecular formula is C12H5BrF2O. The van der Waals surface area contributed by atoms with Crippen LogP contribution in [0, 0.1) is 11.6 Å². The molecule has 1 aromatic heterocycles. The third-order valence-corrected chi connectivity index (χ3v) is 2.93.